The molecule has 0 saturated carbocycles. The van der Waals surface area contributed by atoms with E-state index in [9.17, 15) is 0 Å². The van der Waals surface area contributed by atoms with Crippen LogP contribution in [0.1, 0.15) is 37.6 Å². The Morgan fingerprint density at radius 2 is 2.30 bits per heavy atom. The molecule has 2 unspecified atom stereocenters. The van der Waals surface area contributed by atoms with Gasteiger partial charge in [-0.15, -0.1) is 0 Å². The van der Waals surface area contributed by atoms with Crippen LogP contribution in [0.25, 0.3) is 0 Å². The first-order chi connectivity index (χ1) is 9.60. The molecule has 3 nitrogen and oxygen atoms in total. The lowest BCUT2D eigenvalue weighted by molar-refractivity contribution is 0.460. The summed E-state index contributed by atoms with van der Waals surface area (Å²) in [5.41, 5.74) is 2.69. The van der Waals surface area contributed by atoms with Crippen LogP contribution in [-0.2, 0) is 5.41 Å². The maximum atomic E-state index is 6.11. The lowest BCUT2D eigenvalue weighted by Gasteiger charge is -2.27. The van der Waals surface area contributed by atoms with Crippen LogP contribution in [0.15, 0.2) is 36.8 Å². The Kier molecular flexibility index (Phi) is 3.57. The van der Waals surface area contributed by atoms with Crippen molar-refractivity contribution < 1.29 is 0 Å². The molecule has 0 radical (unpaired) electrons. The highest BCUT2D eigenvalue weighted by atomic mass is 35.5. The molecule has 0 amide bonds. The molecular weight excluding hydrogens is 270 g/mol. The summed E-state index contributed by atoms with van der Waals surface area (Å²) in [7, 11) is 0. The van der Waals surface area contributed by atoms with E-state index < -0.39 is 0 Å². The smallest absolute Gasteiger partial charge is 0.0954 e. The van der Waals surface area contributed by atoms with Gasteiger partial charge in [-0.25, -0.2) is 4.98 Å². The van der Waals surface area contributed by atoms with Gasteiger partial charge in [0.15, 0.2) is 0 Å². The maximum Gasteiger partial charge on any atom is 0.0954 e. The van der Waals surface area contributed by atoms with Gasteiger partial charge in [0.05, 0.1) is 12.4 Å². The van der Waals surface area contributed by atoms with Gasteiger partial charge in [0.2, 0.25) is 0 Å². The first kappa shape index (κ1) is 13.7. The van der Waals surface area contributed by atoms with Crippen molar-refractivity contribution in [3.8, 4) is 0 Å². The Labute approximate surface area is 125 Å². The first-order valence-corrected chi connectivity index (χ1v) is 7.46. The predicted molar refractivity (Wildman–Crippen MR) is 82.3 cm³/mol. The Hall–Kier alpha value is -1.32. The van der Waals surface area contributed by atoms with Crippen molar-refractivity contribution in [1.29, 1.82) is 0 Å². The Bertz CT molecular complexity index is 599. The van der Waals surface area contributed by atoms with E-state index in [0.29, 0.717) is 0 Å². The number of benzene rings is 1. The second-order valence-electron chi connectivity index (χ2n) is 5.90. The molecule has 2 aromatic rings. The molecule has 0 aliphatic carbocycles. The summed E-state index contributed by atoms with van der Waals surface area (Å²) in [5.74, 6) is 0. The van der Waals surface area contributed by atoms with E-state index in [4.69, 9.17) is 11.6 Å². The van der Waals surface area contributed by atoms with Gasteiger partial charge in [-0.05, 0) is 37.6 Å². The molecule has 106 valence electrons. The second-order valence-corrected chi connectivity index (χ2v) is 6.34. The van der Waals surface area contributed by atoms with Crippen molar-refractivity contribution in [2.45, 2.75) is 31.7 Å². The van der Waals surface area contributed by atoms with E-state index >= 15 is 0 Å². The molecule has 0 bridgehead atoms. The standard InChI is InChI=1S/C16H20ClN3/c1-12(13-4-3-5-14(17)8-13)20-11-19-9-15(20)16(2)6-7-18-10-16/h3-5,8-9,11-12,18H,6-7,10H2,1-2H3. The van der Waals surface area contributed by atoms with Crippen LogP contribution >= 0.6 is 11.6 Å². The molecule has 1 aliphatic heterocycles. The highest BCUT2D eigenvalue weighted by Gasteiger charge is 2.34. The van der Waals surface area contributed by atoms with Crippen molar-refractivity contribution in [3.63, 3.8) is 0 Å². The molecular formula is C16H20ClN3. The Balaban J connectivity index is 1.97. The van der Waals surface area contributed by atoms with Crippen LogP contribution in [0.4, 0.5) is 0 Å². The molecule has 3 rings (SSSR count). The minimum atomic E-state index is 0.170. The van der Waals surface area contributed by atoms with Gasteiger partial charge in [-0.3, -0.25) is 0 Å². The minimum Gasteiger partial charge on any atom is -0.327 e. The maximum absolute atomic E-state index is 6.11. The quantitative estimate of drug-likeness (QED) is 0.938. The van der Waals surface area contributed by atoms with Crippen molar-refractivity contribution in [2.75, 3.05) is 13.1 Å². The highest BCUT2D eigenvalue weighted by molar-refractivity contribution is 6.30. The van der Waals surface area contributed by atoms with Crippen LogP contribution in [0, 0.1) is 0 Å². The lowest BCUT2D eigenvalue weighted by atomic mass is 9.86. The summed E-state index contributed by atoms with van der Waals surface area (Å²) in [6.45, 7) is 6.60. The summed E-state index contributed by atoms with van der Waals surface area (Å²) in [4.78, 5) is 4.38. The zero-order valence-corrected chi connectivity index (χ0v) is 12.7. The number of nitrogens with one attached hydrogen (secondary N) is 1. The van der Waals surface area contributed by atoms with E-state index in [0.717, 1.165) is 24.5 Å². The molecule has 2 heterocycles. The van der Waals surface area contributed by atoms with Gasteiger partial charge in [-0.1, -0.05) is 30.7 Å². The van der Waals surface area contributed by atoms with Crippen molar-refractivity contribution >= 4 is 11.6 Å². The van der Waals surface area contributed by atoms with Gasteiger partial charge >= 0.3 is 0 Å². The summed E-state index contributed by atoms with van der Waals surface area (Å²) in [6.07, 6.45) is 5.10. The fourth-order valence-corrected chi connectivity index (χ4v) is 3.24. The molecule has 1 saturated heterocycles. The zero-order valence-electron chi connectivity index (χ0n) is 11.9. The van der Waals surface area contributed by atoms with Gasteiger partial charge < -0.3 is 9.88 Å². The fraction of sp³-hybridized carbons (Fsp3) is 0.438. The van der Waals surface area contributed by atoms with Crippen LogP contribution < -0.4 is 5.32 Å². The number of hydrogen-bond donors (Lipinski definition) is 1. The Morgan fingerprint density at radius 1 is 1.45 bits per heavy atom. The Morgan fingerprint density at radius 3 is 3.00 bits per heavy atom. The van der Waals surface area contributed by atoms with Crippen LogP contribution in [0.5, 0.6) is 0 Å². The number of imidazole rings is 1. The molecule has 1 aromatic carbocycles. The second kappa shape index (κ2) is 5.23. The van der Waals surface area contributed by atoms with E-state index in [1.54, 1.807) is 0 Å². The first-order valence-electron chi connectivity index (χ1n) is 7.09. The van der Waals surface area contributed by atoms with Gasteiger partial charge in [0, 0.05) is 28.9 Å². The third kappa shape index (κ3) is 2.36. The molecule has 1 fully saturated rings. The van der Waals surface area contributed by atoms with Gasteiger partial charge in [-0.2, -0.15) is 0 Å². The predicted octanol–water partition coefficient (Wildman–Crippen LogP) is 3.40. The number of aromatic nitrogens is 2. The zero-order chi connectivity index (χ0) is 14.2. The van der Waals surface area contributed by atoms with E-state index in [2.05, 4.69) is 34.8 Å². The number of hydrogen-bond acceptors (Lipinski definition) is 2. The van der Waals surface area contributed by atoms with Gasteiger partial charge in [0.25, 0.3) is 0 Å². The number of halogens is 1. The SMILES string of the molecule is CC(c1cccc(Cl)c1)n1cncc1C1(C)CCNC1. The molecule has 2 atom stereocenters. The fourth-order valence-electron chi connectivity index (χ4n) is 3.04. The summed E-state index contributed by atoms with van der Waals surface area (Å²) in [6, 6.07) is 8.31. The van der Waals surface area contributed by atoms with Crippen molar-refractivity contribution in [1.82, 2.24) is 14.9 Å². The average Bonchev–Trinajstić information content (AvgIpc) is 3.07. The normalized spacial score (nSPS) is 23.9. The summed E-state index contributed by atoms with van der Waals surface area (Å²) < 4.78 is 2.28. The average molecular weight is 290 g/mol. The van der Waals surface area contributed by atoms with Crippen LogP contribution in [0.2, 0.25) is 5.02 Å². The topological polar surface area (TPSA) is 29.9 Å². The van der Waals surface area contributed by atoms with Crippen molar-refractivity contribution in [3.05, 3.63) is 53.1 Å². The minimum absolute atomic E-state index is 0.170. The van der Waals surface area contributed by atoms with Gasteiger partial charge in [0.1, 0.15) is 0 Å². The third-order valence-corrected chi connectivity index (χ3v) is 4.64. The summed E-state index contributed by atoms with van der Waals surface area (Å²) in [5, 5.41) is 4.24. The van der Waals surface area contributed by atoms with Crippen LogP contribution in [-0.4, -0.2) is 22.6 Å². The molecule has 1 N–H and O–H groups in total. The van der Waals surface area contributed by atoms with Crippen molar-refractivity contribution in [2.24, 2.45) is 0 Å². The van der Waals surface area contributed by atoms with E-state index in [1.165, 1.54) is 11.3 Å². The molecule has 0 spiro atoms. The highest BCUT2D eigenvalue weighted by Crippen LogP contribution is 2.33. The molecule has 4 heteroatoms. The molecule has 20 heavy (non-hydrogen) atoms. The number of nitrogens with zero attached hydrogens (tertiary/aromatic N) is 2. The lowest BCUT2D eigenvalue weighted by Crippen LogP contribution is -2.29. The summed E-state index contributed by atoms with van der Waals surface area (Å²) >= 11 is 6.11. The monoisotopic (exact) mass is 289 g/mol. The largest absolute Gasteiger partial charge is 0.327 e. The van der Waals surface area contributed by atoms with E-state index in [-0.39, 0.29) is 11.5 Å². The number of rotatable bonds is 3. The van der Waals surface area contributed by atoms with E-state index in [1.807, 2.05) is 30.7 Å². The van der Waals surface area contributed by atoms with Crippen LogP contribution in [0.3, 0.4) is 0 Å². The third-order valence-electron chi connectivity index (χ3n) is 4.40. The molecule has 1 aromatic heterocycles. The molecule has 1 aliphatic rings.